The summed E-state index contributed by atoms with van der Waals surface area (Å²) in [5.41, 5.74) is 0.100. The van der Waals surface area contributed by atoms with Gasteiger partial charge in [-0.3, -0.25) is 4.79 Å². The third-order valence-electron chi connectivity index (χ3n) is 2.05. The normalized spacial score (nSPS) is 10.3. The molecule has 0 amide bonds. The van der Waals surface area contributed by atoms with E-state index in [2.05, 4.69) is 0 Å². The number of rotatable bonds is 1. The van der Waals surface area contributed by atoms with Crippen molar-refractivity contribution >= 4 is 17.1 Å². The number of hydrogen-bond acceptors (Lipinski definition) is 3. The molecular weight excluding hydrogens is 180 g/mol. The average Bonchev–Trinajstić information content (AvgIpc) is 2.17. The molecule has 0 aliphatic rings. The lowest BCUT2D eigenvalue weighted by Gasteiger charge is -2.01. The summed E-state index contributed by atoms with van der Waals surface area (Å²) in [6.45, 7) is 0. The molecule has 69 valence electrons. The van der Waals surface area contributed by atoms with Gasteiger partial charge in [-0.2, -0.15) is 0 Å². The predicted molar refractivity (Wildman–Crippen MR) is 52.1 cm³/mol. The lowest BCUT2D eigenvalue weighted by Crippen LogP contribution is -1.82. The Morgan fingerprint density at radius 1 is 1.00 bits per heavy atom. The molecule has 2 rings (SSSR count). The molecule has 0 aliphatic heterocycles. The van der Waals surface area contributed by atoms with Gasteiger partial charge < -0.3 is 10.2 Å². The first-order chi connectivity index (χ1) is 6.70. The molecule has 0 spiro atoms. The fourth-order valence-corrected chi connectivity index (χ4v) is 1.35. The highest BCUT2D eigenvalue weighted by atomic mass is 16.3. The molecule has 0 saturated heterocycles. The fraction of sp³-hybridized carbons (Fsp3) is 0. The lowest BCUT2D eigenvalue weighted by molar-refractivity contribution is 0.472. The van der Waals surface area contributed by atoms with Crippen molar-refractivity contribution < 1.29 is 15.0 Å². The van der Waals surface area contributed by atoms with Crippen molar-refractivity contribution in [3.05, 3.63) is 35.9 Å². The van der Waals surface area contributed by atoms with Crippen LogP contribution in [-0.2, 0) is 4.79 Å². The summed E-state index contributed by atoms with van der Waals surface area (Å²) in [5, 5.41) is 20.0. The largest absolute Gasteiger partial charge is 0.508 e. The molecule has 0 unspecified atom stereocenters. The van der Waals surface area contributed by atoms with Crippen LogP contribution in [0.15, 0.2) is 30.3 Å². The van der Waals surface area contributed by atoms with Crippen LogP contribution in [0.5, 0.6) is 11.5 Å². The fourth-order valence-electron chi connectivity index (χ4n) is 1.35. The Kier molecular flexibility index (Phi) is 1.85. The Labute approximate surface area is 80.2 Å². The summed E-state index contributed by atoms with van der Waals surface area (Å²) in [6.07, 6.45) is 1.63. The molecule has 2 N–H and O–H groups in total. The first-order valence-electron chi connectivity index (χ1n) is 4.04. The van der Waals surface area contributed by atoms with Gasteiger partial charge in [0.15, 0.2) is 0 Å². The maximum absolute atomic E-state index is 10.4. The molecule has 0 saturated carbocycles. The second kappa shape index (κ2) is 3.03. The molecule has 1 radical (unpaired) electrons. The van der Waals surface area contributed by atoms with Gasteiger partial charge in [-0.15, -0.1) is 0 Å². The summed E-state index contributed by atoms with van der Waals surface area (Å²) in [7, 11) is 0. The Morgan fingerprint density at radius 3 is 2.50 bits per heavy atom. The Bertz CT molecular complexity index is 503. The summed E-state index contributed by atoms with van der Waals surface area (Å²) in [5.74, 6) is 0.0261. The molecule has 3 nitrogen and oxygen atoms in total. The smallest absolute Gasteiger partial charge is 0.237 e. The van der Waals surface area contributed by atoms with Gasteiger partial charge in [-0.25, -0.2) is 0 Å². The van der Waals surface area contributed by atoms with Crippen molar-refractivity contribution in [2.75, 3.05) is 0 Å². The average molecular weight is 187 g/mol. The molecule has 0 bridgehead atoms. The monoisotopic (exact) mass is 187 g/mol. The van der Waals surface area contributed by atoms with Crippen LogP contribution < -0.4 is 0 Å². The van der Waals surface area contributed by atoms with Crippen molar-refractivity contribution in [3.8, 4) is 11.5 Å². The minimum Gasteiger partial charge on any atom is -0.508 e. The van der Waals surface area contributed by atoms with Crippen LogP contribution in [0.3, 0.4) is 0 Å². The van der Waals surface area contributed by atoms with E-state index in [1.807, 2.05) is 0 Å². The van der Waals surface area contributed by atoms with Gasteiger partial charge >= 0.3 is 0 Å². The molecule has 3 heteroatoms. The van der Waals surface area contributed by atoms with E-state index in [4.69, 9.17) is 0 Å². The number of fused-ring (bicyclic) bond motifs is 1. The maximum Gasteiger partial charge on any atom is 0.237 e. The van der Waals surface area contributed by atoms with Crippen LogP contribution in [0.25, 0.3) is 10.8 Å². The van der Waals surface area contributed by atoms with E-state index in [0.29, 0.717) is 5.39 Å². The summed E-state index contributed by atoms with van der Waals surface area (Å²) >= 11 is 0. The Hall–Kier alpha value is -2.03. The van der Waals surface area contributed by atoms with E-state index >= 15 is 0 Å². The van der Waals surface area contributed by atoms with Crippen molar-refractivity contribution in [1.82, 2.24) is 0 Å². The highest BCUT2D eigenvalue weighted by molar-refractivity contribution is 5.92. The SMILES string of the molecule is O=[C]c1cc2cc(O)ccc2cc1O. The molecule has 0 aliphatic carbocycles. The van der Waals surface area contributed by atoms with Crippen LogP contribution in [0.2, 0.25) is 0 Å². The minimum atomic E-state index is -0.0989. The van der Waals surface area contributed by atoms with Gasteiger partial charge in [0.25, 0.3) is 0 Å². The zero-order valence-electron chi connectivity index (χ0n) is 7.19. The first kappa shape index (κ1) is 8.56. The van der Waals surface area contributed by atoms with Crippen LogP contribution in [-0.4, -0.2) is 16.5 Å². The molecule has 2 aromatic carbocycles. The second-order valence-corrected chi connectivity index (χ2v) is 3.00. The van der Waals surface area contributed by atoms with Gasteiger partial charge in [0, 0.05) is 0 Å². The molecule has 0 heterocycles. The first-order valence-corrected chi connectivity index (χ1v) is 4.04. The van der Waals surface area contributed by atoms with E-state index in [1.165, 1.54) is 24.3 Å². The van der Waals surface area contributed by atoms with Gasteiger partial charge in [0.2, 0.25) is 6.29 Å². The number of benzene rings is 2. The number of phenols is 2. The molecule has 2 aromatic rings. The van der Waals surface area contributed by atoms with E-state index < -0.39 is 0 Å². The molecule has 14 heavy (non-hydrogen) atoms. The van der Waals surface area contributed by atoms with E-state index in [-0.39, 0.29) is 17.1 Å². The maximum atomic E-state index is 10.4. The molecule has 0 aromatic heterocycles. The van der Waals surface area contributed by atoms with Gasteiger partial charge in [-0.05, 0) is 35.0 Å². The molecular formula is C11H7O3. The standard InChI is InChI=1S/C11H7O3/c12-6-9-3-8-4-10(13)2-1-7(8)5-11(9)14/h1-5,13-14H. The third kappa shape index (κ3) is 1.29. The van der Waals surface area contributed by atoms with Crippen LogP contribution in [0.4, 0.5) is 0 Å². The van der Waals surface area contributed by atoms with Crippen molar-refractivity contribution in [3.63, 3.8) is 0 Å². The number of hydrogen-bond donors (Lipinski definition) is 2. The topological polar surface area (TPSA) is 57.5 Å². The van der Waals surface area contributed by atoms with Gasteiger partial charge in [-0.1, -0.05) is 6.07 Å². The van der Waals surface area contributed by atoms with Crippen LogP contribution in [0.1, 0.15) is 5.56 Å². The summed E-state index contributed by atoms with van der Waals surface area (Å²) in [4.78, 5) is 10.4. The highest BCUT2D eigenvalue weighted by Crippen LogP contribution is 2.26. The minimum absolute atomic E-state index is 0.0989. The Morgan fingerprint density at radius 2 is 1.79 bits per heavy atom. The van der Waals surface area contributed by atoms with E-state index in [9.17, 15) is 15.0 Å². The van der Waals surface area contributed by atoms with Crippen molar-refractivity contribution in [1.29, 1.82) is 0 Å². The summed E-state index contributed by atoms with van der Waals surface area (Å²) < 4.78 is 0. The zero-order valence-corrected chi connectivity index (χ0v) is 7.19. The van der Waals surface area contributed by atoms with Gasteiger partial charge in [0.05, 0.1) is 5.56 Å². The predicted octanol–water partition coefficient (Wildman–Crippen LogP) is 1.71. The van der Waals surface area contributed by atoms with E-state index in [0.717, 1.165) is 5.39 Å². The lowest BCUT2D eigenvalue weighted by atomic mass is 10.1. The Balaban J connectivity index is 2.79. The molecule has 0 fully saturated rings. The van der Waals surface area contributed by atoms with Crippen molar-refractivity contribution in [2.24, 2.45) is 0 Å². The highest BCUT2D eigenvalue weighted by Gasteiger charge is 2.03. The van der Waals surface area contributed by atoms with Crippen LogP contribution >= 0.6 is 0 Å². The zero-order chi connectivity index (χ0) is 10.1. The van der Waals surface area contributed by atoms with Gasteiger partial charge in [0.1, 0.15) is 11.5 Å². The quantitative estimate of drug-likeness (QED) is 0.714. The molecule has 0 atom stereocenters. The number of carbonyl (C=O) groups excluding carboxylic acids is 1. The van der Waals surface area contributed by atoms with E-state index in [1.54, 1.807) is 12.4 Å². The third-order valence-corrected chi connectivity index (χ3v) is 2.05. The van der Waals surface area contributed by atoms with Crippen molar-refractivity contribution in [2.45, 2.75) is 0 Å². The van der Waals surface area contributed by atoms with Crippen LogP contribution in [0, 0.1) is 0 Å². The summed E-state index contributed by atoms with van der Waals surface area (Å²) in [6, 6.07) is 7.66. The number of phenolic OH excluding ortho intramolecular Hbond substituents is 2. The second-order valence-electron chi connectivity index (χ2n) is 3.00. The number of aromatic hydroxyl groups is 2.